The van der Waals surface area contributed by atoms with Crippen molar-refractivity contribution in [1.82, 2.24) is 10.2 Å². The number of aromatic amines is 1. The first-order chi connectivity index (χ1) is 6.32. The molecule has 1 aromatic heterocycles. The van der Waals surface area contributed by atoms with Crippen LogP contribution in [0.5, 0.6) is 0 Å². The fourth-order valence-electron chi connectivity index (χ4n) is 1.49. The van der Waals surface area contributed by atoms with Crippen LogP contribution in [0.25, 0.3) is 0 Å². The number of nitrogens with zero attached hydrogens (tertiary/aromatic N) is 1. The van der Waals surface area contributed by atoms with Crippen molar-refractivity contribution in [2.75, 3.05) is 0 Å². The fourth-order valence-corrected chi connectivity index (χ4v) is 1.49. The Morgan fingerprint density at radius 3 is 2.43 bits per heavy atom. The number of hydrogen-bond acceptors (Lipinski definition) is 2. The lowest BCUT2D eigenvalue weighted by atomic mass is 9.89. The fraction of sp³-hybridized carbons (Fsp3) is 0.600. The van der Waals surface area contributed by atoms with Crippen molar-refractivity contribution in [3.05, 3.63) is 17.0 Å². The average molecular weight is 196 g/mol. The van der Waals surface area contributed by atoms with Gasteiger partial charge in [-0.15, -0.1) is 0 Å². The van der Waals surface area contributed by atoms with Gasteiger partial charge in [0.15, 0.2) is 0 Å². The quantitative estimate of drug-likeness (QED) is 0.755. The van der Waals surface area contributed by atoms with Gasteiger partial charge in [0, 0.05) is 11.1 Å². The van der Waals surface area contributed by atoms with E-state index >= 15 is 0 Å². The molecule has 0 saturated carbocycles. The normalized spacial score (nSPS) is 11.7. The Labute approximate surface area is 83.3 Å². The summed E-state index contributed by atoms with van der Waals surface area (Å²) < 4.78 is 0. The summed E-state index contributed by atoms with van der Waals surface area (Å²) in [5, 5.41) is 15.6. The Balaban J connectivity index is 3.03. The van der Waals surface area contributed by atoms with Crippen molar-refractivity contribution in [2.24, 2.45) is 0 Å². The van der Waals surface area contributed by atoms with Crippen molar-refractivity contribution < 1.29 is 9.90 Å². The van der Waals surface area contributed by atoms with Gasteiger partial charge in [-0.1, -0.05) is 20.8 Å². The molecular weight excluding hydrogens is 180 g/mol. The van der Waals surface area contributed by atoms with Crippen molar-refractivity contribution >= 4 is 5.97 Å². The molecule has 0 unspecified atom stereocenters. The van der Waals surface area contributed by atoms with Gasteiger partial charge < -0.3 is 5.11 Å². The number of aliphatic carboxylic acids is 1. The molecule has 0 aromatic carbocycles. The molecule has 0 saturated heterocycles. The van der Waals surface area contributed by atoms with Crippen LogP contribution in [-0.4, -0.2) is 21.3 Å². The molecule has 4 nitrogen and oxygen atoms in total. The van der Waals surface area contributed by atoms with Crippen LogP contribution in [0.3, 0.4) is 0 Å². The molecule has 0 aliphatic carbocycles. The van der Waals surface area contributed by atoms with Gasteiger partial charge in [-0.3, -0.25) is 9.89 Å². The lowest BCUT2D eigenvalue weighted by Crippen LogP contribution is -2.13. The first-order valence-electron chi connectivity index (χ1n) is 4.58. The third kappa shape index (κ3) is 2.13. The second-order valence-electron chi connectivity index (χ2n) is 4.50. The van der Waals surface area contributed by atoms with E-state index in [1.165, 1.54) is 0 Å². The number of H-pyrrole nitrogens is 1. The highest BCUT2D eigenvalue weighted by Gasteiger charge is 2.22. The first-order valence-corrected chi connectivity index (χ1v) is 4.58. The highest BCUT2D eigenvalue weighted by atomic mass is 16.4. The molecule has 1 heterocycles. The summed E-state index contributed by atoms with van der Waals surface area (Å²) in [4.78, 5) is 10.5. The zero-order chi connectivity index (χ0) is 10.9. The first kappa shape index (κ1) is 10.8. The van der Waals surface area contributed by atoms with Crippen molar-refractivity contribution in [3.63, 3.8) is 0 Å². The zero-order valence-corrected chi connectivity index (χ0v) is 9.01. The summed E-state index contributed by atoms with van der Waals surface area (Å²) in [7, 11) is 0. The highest BCUT2D eigenvalue weighted by Crippen LogP contribution is 2.24. The number of nitrogens with one attached hydrogen (secondary N) is 1. The number of aromatic nitrogens is 2. The van der Waals surface area contributed by atoms with Crippen LogP contribution < -0.4 is 0 Å². The molecule has 0 radical (unpaired) electrons. The summed E-state index contributed by atoms with van der Waals surface area (Å²) in [5.41, 5.74) is 2.55. The van der Waals surface area contributed by atoms with Crippen LogP contribution in [0, 0.1) is 6.92 Å². The molecule has 1 rings (SSSR count). The molecule has 14 heavy (non-hydrogen) atoms. The van der Waals surface area contributed by atoms with E-state index in [9.17, 15) is 4.79 Å². The van der Waals surface area contributed by atoms with Crippen LogP contribution >= 0.6 is 0 Å². The molecule has 0 spiro atoms. The lowest BCUT2D eigenvalue weighted by molar-refractivity contribution is -0.136. The summed E-state index contributed by atoms with van der Waals surface area (Å²) in [5.74, 6) is -0.836. The van der Waals surface area contributed by atoms with E-state index in [4.69, 9.17) is 5.11 Å². The van der Waals surface area contributed by atoms with E-state index in [2.05, 4.69) is 31.0 Å². The molecule has 2 N–H and O–H groups in total. The van der Waals surface area contributed by atoms with Crippen LogP contribution in [0.2, 0.25) is 0 Å². The molecular formula is C10H16N2O2. The standard InChI is InChI=1S/C10H16N2O2/c1-6-7(5-8(13)14)11-12-9(6)10(2,3)4/h5H2,1-4H3,(H,11,12)(H,13,14). The summed E-state index contributed by atoms with van der Waals surface area (Å²) in [6.45, 7) is 8.07. The van der Waals surface area contributed by atoms with Crippen LogP contribution in [-0.2, 0) is 16.6 Å². The van der Waals surface area contributed by atoms with Crippen molar-refractivity contribution in [1.29, 1.82) is 0 Å². The van der Waals surface area contributed by atoms with Crippen molar-refractivity contribution in [2.45, 2.75) is 39.5 Å². The molecule has 0 atom stereocenters. The number of carboxylic acids is 1. The summed E-state index contributed by atoms with van der Waals surface area (Å²) in [6, 6.07) is 0. The van der Waals surface area contributed by atoms with E-state index in [1.807, 2.05) is 6.92 Å². The van der Waals surface area contributed by atoms with E-state index in [1.54, 1.807) is 0 Å². The molecule has 4 heteroatoms. The topological polar surface area (TPSA) is 66.0 Å². The van der Waals surface area contributed by atoms with Crippen LogP contribution in [0.4, 0.5) is 0 Å². The smallest absolute Gasteiger partial charge is 0.309 e. The SMILES string of the molecule is Cc1c(C(C)(C)C)n[nH]c1CC(=O)O. The third-order valence-electron chi connectivity index (χ3n) is 2.15. The highest BCUT2D eigenvalue weighted by molar-refractivity contribution is 5.70. The lowest BCUT2D eigenvalue weighted by Gasteiger charge is -2.16. The van der Waals surface area contributed by atoms with Gasteiger partial charge in [-0.05, 0) is 12.5 Å². The minimum Gasteiger partial charge on any atom is -0.481 e. The maximum atomic E-state index is 10.5. The largest absolute Gasteiger partial charge is 0.481 e. The van der Waals surface area contributed by atoms with Crippen LogP contribution in [0.1, 0.15) is 37.7 Å². The van der Waals surface area contributed by atoms with Gasteiger partial charge in [0.1, 0.15) is 0 Å². The van der Waals surface area contributed by atoms with E-state index in [-0.39, 0.29) is 11.8 Å². The zero-order valence-electron chi connectivity index (χ0n) is 9.01. The minimum atomic E-state index is -0.836. The molecule has 0 aliphatic heterocycles. The van der Waals surface area contributed by atoms with E-state index < -0.39 is 5.97 Å². The predicted molar refractivity (Wildman–Crippen MR) is 53.4 cm³/mol. The Bertz CT molecular complexity index is 347. The number of carboxylic acid groups (broad SMARTS) is 1. The molecule has 0 aliphatic rings. The summed E-state index contributed by atoms with van der Waals surface area (Å²) in [6.07, 6.45) is 0.00884. The summed E-state index contributed by atoms with van der Waals surface area (Å²) >= 11 is 0. The van der Waals surface area contributed by atoms with Gasteiger partial charge in [-0.25, -0.2) is 0 Å². The Kier molecular flexibility index (Phi) is 2.64. The molecule has 78 valence electrons. The molecule has 1 aromatic rings. The van der Waals surface area contributed by atoms with Crippen LogP contribution in [0.15, 0.2) is 0 Å². The number of hydrogen-bond donors (Lipinski definition) is 2. The van der Waals surface area contributed by atoms with Gasteiger partial charge in [0.25, 0.3) is 0 Å². The van der Waals surface area contributed by atoms with E-state index in [0.717, 1.165) is 11.3 Å². The monoisotopic (exact) mass is 196 g/mol. The van der Waals surface area contributed by atoms with Gasteiger partial charge in [0.2, 0.25) is 0 Å². The van der Waals surface area contributed by atoms with Gasteiger partial charge in [-0.2, -0.15) is 5.10 Å². The number of rotatable bonds is 2. The molecule has 0 fully saturated rings. The van der Waals surface area contributed by atoms with E-state index in [0.29, 0.717) is 5.69 Å². The van der Waals surface area contributed by atoms with Gasteiger partial charge in [0.05, 0.1) is 12.1 Å². The molecule has 0 amide bonds. The Hall–Kier alpha value is -1.32. The van der Waals surface area contributed by atoms with Gasteiger partial charge >= 0.3 is 5.97 Å². The Morgan fingerprint density at radius 2 is 2.07 bits per heavy atom. The second kappa shape index (κ2) is 3.44. The van der Waals surface area contributed by atoms with Crippen molar-refractivity contribution in [3.8, 4) is 0 Å². The minimum absolute atomic E-state index is 0.00884. The third-order valence-corrected chi connectivity index (χ3v) is 2.15. The predicted octanol–water partition coefficient (Wildman–Crippen LogP) is 1.64. The number of carbonyl (C=O) groups is 1. The second-order valence-corrected chi connectivity index (χ2v) is 4.50. The Morgan fingerprint density at radius 1 is 1.50 bits per heavy atom. The molecule has 0 bridgehead atoms. The maximum Gasteiger partial charge on any atom is 0.309 e. The maximum absolute atomic E-state index is 10.5. The average Bonchev–Trinajstić information content (AvgIpc) is 2.30.